The lowest BCUT2D eigenvalue weighted by molar-refractivity contribution is 0.390. The summed E-state index contributed by atoms with van der Waals surface area (Å²) in [7, 11) is -5.00. The van der Waals surface area contributed by atoms with E-state index in [1.807, 2.05) is 0 Å². The minimum atomic E-state index is -1.94. The summed E-state index contributed by atoms with van der Waals surface area (Å²) in [5.41, 5.74) is 0. The molecule has 21 heavy (non-hydrogen) atoms. The molecule has 0 heterocycles. The Hall–Kier alpha value is 0.571. The second-order valence-electron chi connectivity index (χ2n) is 8.20. The van der Waals surface area contributed by atoms with E-state index in [1.165, 1.54) is 44.6 Å². The van der Waals surface area contributed by atoms with Gasteiger partial charge in [-0.3, -0.25) is 0 Å². The van der Waals surface area contributed by atoms with Crippen molar-refractivity contribution in [2.75, 3.05) is 0 Å². The topological polar surface area (TPSA) is 18.5 Å². The Kier molecular flexibility index (Phi) is 9.91. The van der Waals surface area contributed by atoms with Crippen LogP contribution in [0.5, 0.6) is 0 Å². The van der Waals surface area contributed by atoms with Gasteiger partial charge >= 0.3 is 8.56 Å². The molecule has 2 nitrogen and oxygen atoms in total. The standard InChI is InChI=1S/C16H39O2Si3/c1-9-10-11-12-13-14-15-16-20(5,6)18-21(7,8)17-19(2,3)4/h1,9-16H2,2-8H3. The maximum atomic E-state index is 6.53. The van der Waals surface area contributed by atoms with Crippen LogP contribution in [0.15, 0.2) is 0 Å². The van der Waals surface area contributed by atoms with Crippen molar-refractivity contribution < 1.29 is 8.23 Å². The summed E-state index contributed by atoms with van der Waals surface area (Å²) in [5, 5.41) is 0. The zero-order chi connectivity index (χ0) is 16.6. The van der Waals surface area contributed by atoms with Crippen LogP contribution in [0.25, 0.3) is 0 Å². The minimum Gasteiger partial charge on any atom is -0.437 e. The Balaban J connectivity index is 3.97. The summed E-state index contributed by atoms with van der Waals surface area (Å²) >= 11 is 0. The van der Waals surface area contributed by atoms with E-state index >= 15 is 0 Å². The maximum absolute atomic E-state index is 6.53. The van der Waals surface area contributed by atoms with Crippen LogP contribution in [-0.4, -0.2) is 25.2 Å². The van der Waals surface area contributed by atoms with Crippen molar-refractivity contribution >= 4 is 25.2 Å². The molecule has 1 radical (unpaired) electrons. The van der Waals surface area contributed by atoms with Gasteiger partial charge in [0.05, 0.1) is 0 Å². The molecule has 0 bridgehead atoms. The predicted octanol–water partition coefficient (Wildman–Crippen LogP) is 6.33. The van der Waals surface area contributed by atoms with Gasteiger partial charge in [-0.25, -0.2) is 0 Å². The lowest BCUT2D eigenvalue weighted by Crippen LogP contribution is -2.51. The minimum absolute atomic E-state index is 1.09. The highest BCUT2D eigenvalue weighted by Crippen LogP contribution is 2.24. The summed E-state index contributed by atoms with van der Waals surface area (Å²) in [6.45, 7) is 19.8. The van der Waals surface area contributed by atoms with Crippen molar-refractivity contribution in [3.8, 4) is 0 Å². The monoisotopic (exact) mass is 347 g/mol. The van der Waals surface area contributed by atoms with E-state index < -0.39 is 25.2 Å². The Morgan fingerprint density at radius 2 is 1.14 bits per heavy atom. The third-order valence-corrected chi connectivity index (χ3v) is 13.5. The van der Waals surface area contributed by atoms with Crippen LogP contribution in [0.1, 0.15) is 44.9 Å². The molecule has 0 fully saturated rings. The van der Waals surface area contributed by atoms with E-state index in [9.17, 15) is 0 Å². The average Bonchev–Trinajstić information content (AvgIpc) is 2.22. The average molecular weight is 348 g/mol. The number of rotatable bonds is 12. The van der Waals surface area contributed by atoms with Crippen LogP contribution in [0.4, 0.5) is 0 Å². The molecular weight excluding hydrogens is 308 g/mol. The fraction of sp³-hybridized carbons (Fsp3) is 0.938. The highest BCUT2D eigenvalue weighted by molar-refractivity contribution is 6.87. The second kappa shape index (κ2) is 9.65. The van der Waals surface area contributed by atoms with Gasteiger partial charge in [0.15, 0.2) is 16.6 Å². The normalized spacial score (nSPS) is 13.7. The Morgan fingerprint density at radius 3 is 1.62 bits per heavy atom. The summed E-state index contributed by atoms with van der Waals surface area (Å²) in [6.07, 6.45) is 9.15. The van der Waals surface area contributed by atoms with E-state index in [0.717, 1.165) is 6.42 Å². The molecule has 0 N–H and O–H groups in total. The van der Waals surface area contributed by atoms with Gasteiger partial charge < -0.3 is 8.23 Å². The van der Waals surface area contributed by atoms with Crippen molar-refractivity contribution in [2.45, 2.75) is 96.8 Å². The molecule has 0 aliphatic rings. The van der Waals surface area contributed by atoms with E-state index in [1.54, 1.807) is 0 Å². The van der Waals surface area contributed by atoms with E-state index in [-0.39, 0.29) is 0 Å². The van der Waals surface area contributed by atoms with Gasteiger partial charge in [-0.15, -0.1) is 0 Å². The zero-order valence-electron chi connectivity index (χ0n) is 15.7. The first-order chi connectivity index (χ1) is 9.47. The molecule has 0 aliphatic carbocycles. The zero-order valence-corrected chi connectivity index (χ0v) is 18.7. The maximum Gasteiger partial charge on any atom is 0.311 e. The van der Waals surface area contributed by atoms with Crippen LogP contribution in [0, 0.1) is 6.92 Å². The summed E-state index contributed by atoms with van der Waals surface area (Å²) < 4.78 is 12.8. The highest BCUT2D eigenvalue weighted by atomic mass is 28.5. The largest absolute Gasteiger partial charge is 0.437 e. The Bertz CT molecular complexity index is 273. The molecule has 0 aliphatic heterocycles. The molecule has 0 spiro atoms. The summed E-state index contributed by atoms with van der Waals surface area (Å²) in [4.78, 5) is 0. The third-order valence-electron chi connectivity index (χ3n) is 3.35. The van der Waals surface area contributed by atoms with Crippen molar-refractivity contribution in [3.63, 3.8) is 0 Å². The first-order valence-corrected chi connectivity index (χ1v) is 18.0. The SMILES string of the molecule is [CH2]CCCCCCCC[Si](C)(C)O[Si](C)(C)O[Si](C)(C)C. The van der Waals surface area contributed by atoms with E-state index in [0.29, 0.717) is 0 Å². The van der Waals surface area contributed by atoms with Crippen molar-refractivity contribution in [2.24, 2.45) is 0 Å². The molecule has 0 aromatic rings. The van der Waals surface area contributed by atoms with Gasteiger partial charge in [0.25, 0.3) is 0 Å². The molecule has 127 valence electrons. The molecule has 0 rings (SSSR count). The third kappa shape index (κ3) is 13.9. The van der Waals surface area contributed by atoms with Gasteiger partial charge in [0.2, 0.25) is 0 Å². The highest BCUT2D eigenvalue weighted by Gasteiger charge is 2.37. The number of hydrogen-bond donors (Lipinski definition) is 0. The van der Waals surface area contributed by atoms with Crippen LogP contribution < -0.4 is 0 Å². The van der Waals surface area contributed by atoms with Gasteiger partial charge in [-0.1, -0.05) is 51.9 Å². The van der Waals surface area contributed by atoms with Crippen LogP contribution >= 0.6 is 0 Å². The number of hydrogen-bond acceptors (Lipinski definition) is 2. The fourth-order valence-corrected chi connectivity index (χ4v) is 16.2. The van der Waals surface area contributed by atoms with Crippen molar-refractivity contribution in [3.05, 3.63) is 6.92 Å². The molecule has 0 saturated heterocycles. The molecule has 0 aromatic carbocycles. The van der Waals surface area contributed by atoms with Crippen LogP contribution in [-0.2, 0) is 8.23 Å². The Morgan fingerprint density at radius 1 is 0.667 bits per heavy atom. The second-order valence-corrected chi connectivity index (χ2v) is 20.9. The molecule has 0 atom stereocenters. The first kappa shape index (κ1) is 21.6. The van der Waals surface area contributed by atoms with Gasteiger partial charge in [0, 0.05) is 0 Å². The Labute approximate surface area is 137 Å². The molecule has 0 aromatic heterocycles. The fourth-order valence-electron chi connectivity index (χ4n) is 2.91. The van der Waals surface area contributed by atoms with Gasteiger partial charge in [-0.05, 0) is 51.9 Å². The quantitative estimate of drug-likeness (QED) is 0.303. The van der Waals surface area contributed by atoms with E-state index in [2.05, 4.69) is 52.8 Å². The summed E-state index contributed by atoms with van der Waals surface area (Å²) in [5.74, 6) is 0. The molecule has 0 unspecified atom stereocenters. The van der Waals surface area contributed by atoms with Crippen LogP contribution in [0.3, 0.4) is 0 Å². The smallest absolute Gasteiger partial charge is 0.311 e. The van der Waals surface area contributed by atoms with E-state index in [4.69, 9.17) is 8.23 Å². The molecule has 0 saturated carbocycles. The lowest BCUT2D eigenvalue weighted by Gasteiger charge is -2.37. The van der Waals surface area contributed by atoms with Gasteiger partial charge in [-0.2, -0.15) is 0 Å². The predicted molar refractivity (Wildman–Crippen MR) is 103 cm³/mol. The van der Waals surface area contributed by atoms with Gasteiger partial charge in [0.1, 0.15) is 0 Å². The molecular formula is C16H39O2Si3. The van der Waals surface area contributed by atoms with Crippen LogP contribution in [0.2, 0.25) is 51.9 Å². The first-order valence-electron chi connectivity index (χ1n) is 8.67. The van der Waals surface area contributed by atoms with Crippen molar-refractivity contribution in [1.82, 2.24) is 0 Å². The number of unbranched alkanes of at least 4 members (excludes halogenated alkanes) is 6. The molecule has 5 heteroatoms. The lowest BCUT2D eigenvalue weighted by atomic mass is 10.1. The van der Waals surface area contributed by atoms with Crippen molar-refractivity contribution in [1.29, 1.82) is 0 Å². The molecule has 0 amide bonds. The summed E-state index contributed by atoms with van der Waals surface area (Å²) in [6, 6.07) is 1.27.